The van der Waals surface area contributed by atoms with Gasteiger partial charge in [0.05, 0.1) is 5.41 Å². The van der Waals surface area contributed by atoms with Crippen molar-refractivity contribution in [1.82, 2.24) is 0 Å². The van der Waals surface area contributed by atoms with Crippen LogP contribution in [0.2, 0.25) is 10.0 Å². The molecule has 1 aliphatic rings. The molecule has 2 atom stereocenters. The second-order valence-electron chi connectivity index (χ2n) is 7.74. The number of carbonyl (C=O) groups excluding carboxylic acids is 2. The van der Waals surface area contributed by atoms with Gasteiger partial charge in [0.25, 0.3) is 0 Å². The molecule has 0 bridgehead atoms. The second-order valence-corrected chi connectivity index (χ2v) is 8.61. The largest absolute Gasteiger partial charge is 0.507 e. The third kappa shape index (κ3) is 3.78. The van der Waals surface area contributed by atoms with E-state index in [-0.39, 0.29) is 29.0 Å². The number of Topliss-reactive ketones (excluding diaryl/α,β-unsaturated/α-hetero) is 1. The molecule has 162 valence electrons. The van der Waals surface area contributed by atoms with Crippen molar-refractivity contribution in [3.8, 4) is 5.75 Å². The fourth-order valence-electron chi connectivity index (χ4n) is 4.33. The zero-order valence-corrected chi connectivity index (χ0v) is 18.2. The lowest BCUT2D eigenvalue weighted by Crippen LogP contribution is -2.39. The quantitative estimate of drug-likeness (QED) is 0.379. The van der Waals surface area contributed by atoms with Crippen LogP contribution in [0.4, 0.5) is 10.1 Å². The van der Waals surface area contributed by atoms with Crippen molar-refractivity contribution in [1.29, 1.82) is 0 Å². The van der Waals surface area contributed by atoms with Crippen molar-refractivity contribution in [2.75, 3.05) is 5.73 Å². The number of hydrogen-bond donors (Lipinski definition) is 2. The topological polar surface area (TPSA) is 80.4 Å². The van der Waals surface area contributed by atoms with Crippen LogP contribution in [0.15, 0.2) is 66.7 Å². The van der Waals surface area contributed by atoms with Crippen molar-refractivity contribution in [2.45, 2.75) is 17.8 Å². The molecule has 1 aliphatic carbocycles. The molecule has 3 aromatic carbocycles. The number of halogens is 3. The number of anilines is 1. The molecule has 0 aromatic heterocycles. The van der Waals surface area contributed by atoms with Crippen LogP contribution < -0.4 is 5.73 Å². The highest BCUT2D eigenvalue weighted by Gasteiger charge is 2.46. The van der Waals surface area contributed by atoms with Crippen molar-refractivity contribution in [3.63, 3.8) is 0 Å². The monoisotopic (exact) mass is 469 g/mol. The molecule has 0 aliphatic heterocycles. The average Bonchev–Trinajstić information content (AvgIpc) is 2.74. The summed E-state index contributed by atoms with van der Waals surface area (Å²) in [7, 11) is 0. The lowest BCUT2D eigenvalue weighted by atomic mass is 9.61. The molecular formula is C25H18Cl2FNO3. The van der Waals surface area contributed by atoms with Gasteiger partial charge < -0.3 is 15.6 Å². The fourth-order valence-corrected chi connectivity index (χ4v) is 4.71. The lowest BCUT2D eigenvalue weighted by Gasteiger charge is -2.39. The SMILES string of the molecule is Nc1cc(Cl)ccc1[C@@]1(C=O)C=C(c2ccc(F)cc2O)C(=O)C[C@H]1c1cccc(Cl)c1. The van der Waals surface area contributed by atoms with E-state index in [9.17, 15) is 19.1 Å². The molecule has 3 N–H and O–H groups in total. The number of phenols is 1. The Morgan fingerprint density at radius 2 is 1.81 bits per heavy atom. The number of nitrogens with two attached hydrogens (primary N) is 1. The van der Waals surface area contributed by atoms with E-state index in [1.54, 1.807) is 36.4 Å². The minimum atomic E-state index is -1.36. The number of nitrogen functional groups attached to an aromatic ring is 1. The molecule has 0 heterocycles. The first-order valence-electron chi connectivity index (χ1n) is 9.77. The van der Waals surface area contributed by atoms with Gasteiger partial charge in [0.1, 0.15) is 17.9 Å². The van der Waals surface area contributed by atoms with E-state index in [0.717, 1.165) is 18.4 Å². The van der Waals surface area contributed by atoms with Crippen LogP contribution >= 0.6 is 23.2 Å². The third-order valence-corrected chi connectivity index (χ3v) is 6.30. The first-order valence-corrected chi connectivity index (χ1v) is 10.5. The molecule has 32 heavy (non-hydrogen) atoms. The van der Waals surface area contributed by atoms with Crippen molar-refractivity contribution >= 4 is 46.5 Å². The standard InChI is InChI=1S/C25H18Cl2FNO3/c26-15-3-1-2-14(8-15)21-11-24(32)19(18-6-5-17(28)10-23(18)31)12-25(21,13-30)20-7-4-16(27)9-22(20)29/h1-10,12-13,21,31H,11,29H2/t21-,25-/m0/s1. The highest BCUT2D eigenvalue weighted by Crippen LogP contribution is 2.50. The molecule has 0 radical (unpaired) electrons. The van der Waals surface area contributed by atoms with Crippen molar-refractivity contribution in [3.05, 3.63) is 99.3 Å². The molecule has 0 unspecified atom stereocenters. The summed E-state index contributed by atoms with van der Waals surface area (Å²) in [4.78, 5) is 26.0. The van der Waals surface area contributed by atoms with Gasteiger partial charge in [-0.1, -0.05) is 47.5 Å². The van der Waals surface area contributed by atoms with Gasteiger partial charge in [-0.05, 0) is 47.5 Å². The van der Waals surface area contributed by atoms with Crippen molar-refractivity contribution in [2.24, 2.45) is 0 Å². The normalized spacial score (nSPS) is 20.7. The zero-order valence-electron chi connectivity index (χ0n) is 16.7. The van der Waals surface area contributed by atoms with Gasteiger partial charge in [0.15, 0.2) is 5.78 Å². The number of aldehydes is 1. The third-order valence-electron chi connectivity index (χ3n) is 5.83. The molecule has 0 saturated carbocycles. The summed E-state index contributed by atoms with van der Waals surface area (Å²) in [6.07, 6.45) is 2.19. The Labute approximate surface area is 194 Å². The van der Waals surface area contributed by atoms with E-state index in [4.69, 9.17) is 28.9 Å². The number of aromatic hydroxyl groups is 1. The molecule has 4 rings (SSSR count). The number of carbonyl (C=O) groups is 2. The van der Waals surface area contributed by atoms with E-state index in [1.807, 2.05) is 0 Å². The zero-order chi connectivity index (χ0) is 23.0. The minimum Gasteiger partial charge on any atom is -0.507 e. The lowest BCUT2D eigenvalue weighted by molar-refractivity contribution is -0.116. The van der Waals surface area contributed by atoms with Crippen LogP contribution in [-0.4, -0.2) is 17.2 Å². The first kappa shape index (κ1) is 22.1. The average molecular weight is 470 g/mol. The first-order chi connectivity index (χ1) is 15.2. The van der Waals surface area contributed by atoms with E-state index < -0.39 is 22.9 Å². The maximum Gasteiger partial charge on any atom is 0.164 e. The van der Waals surface area contributed by atoms with Gasteiger partial charge >= 0.3 is 0 Å². The highest BCUT2D eigenvalue weighted by atomic mass is 35.5. The maximum atomic E-state index is 13.5. The number of benzene rings is 3. The minimum absolute atomic E-state index is 0.0518. The van der Waals surface area contributed by atoms with E-state index in [2.05, 4.69) is 0 Å². The van der Waals surface area contributed by atoms with Gasteiger partial charge in [-0.2, -0.15) is 0 Å². The van der Waals surface area contributed by atoms with E-state index in [0.29, 0.717) is 21.2 Å². The molecule has 0 amide bonds. The summed E-state index contributed by atoms with van der Waals surface area (Å²) in [6.45, 7) is 0. The van der Waals surface area contributed by atoms with Gasteiger partial charge in [0, 0.05) is 45.3 Å². The predicted octanol–water partition coefficient (Wildman–Crippen LogP) is 5.70. The van der Waals surface area contributed by atoms with E-state index >= 15 is 0 Å². The summed E-state index contributed by atoms with van der Waals surface area (Å²) in [6, 6.07) is 15.1. The van der Waals surface area contributed by atoms with Gasteiger partial charge in [0.2, 0.25) is 0 Å². The molecule has 0 saturated heterocycles. The summed E-state index contributed by atoms with van der Waals surface area (Å²) < 4.78 is 13.5. The number of phenolic OH excluding ortho intramolecular Hbond substituents is 1. The Bertz CT molecular complexity index is 1270. The number of ketones is 1. The molecule has 3 aromatic rings. The fraction of sp³-hybridized carbons (Fsp3) is 0.120. The smallest absolute Gasteiger partial charge is 0.164 e. The second kappa shape index (κ2) is 8.41. The van der Waals surface area contributed by atoms with Crippen LogP contribution in [0.5, 0.6) is 5.75 Å². The highest BCUT2D eigenvalue weighted by molar-refractivity contribution is 6.31. The number of rotatable bonds is 4. The molecule has 7 heteroatoms. The Balaban J connectivity index is 2.02. The summed E-state index contributed by atoms with van der Waals surface area (Å²) in [5.41, 5.74) is 6.60. The Morgan fingerprint density at radius 3 is 2.47 bits per heavy atom. The van der Waals surface area contributed by atoms with Crippen LogP contribution in [0.25, 0.3) is 5.57 Å². The van der Waals surface area contributed by atoms with Gasteiger partial charge in [-0.25, -0.2) is 4.39 Å². The predicted molar refractivity (Wildman–Crippen MR) is 123 cm³/mol. The van der Waals surface area contributed by atoms with Crippen LogP contribution in [0.3, 0.4) is 0 Å². The van der Waals surface area contributed by atoms with Crippen molar-refractivity contribution < 1.29 is 19.1 Å². The Hall–Kier alpha value is -3.15. The Morgan fingerprint density at radius 1 is 1.06 bits per heavy atom. The summed E-state index contributed by atoms with van der Waals surface area (Å²) in [5, 5.41) is 11.2. The number of hydrogen-bond acceptors (Lipinski definition) is 4. The van der Waals surface area contributed by atoms with Crippen LogP contribution in [0.1, 0.15) is 29.0 Å². The van der Waals surface area contributed by atoms with Gasteiger partial charge in [-0.3, -0.25) is 4.79 Å². The van der Waals surface area contributed by atoms with Gasteiger partial charge in [-0.15, -0.1) is 0 Å². The molecule has 4 nitrogen and oxygen atoms in total. The van der Waals surface area contributed by atoms with E-state index in [1.165, 1.54) is 18.2 Å². The molecule has 0 fully saturated rings. The van der Waals surface area contributed by atoms with Crippen LogP contribution in [0, 0.1) is 5.82 Å². The summed E-state index contributed by atoms with van der Waals surface area (Å²) in [5.74, 6) is -1.95. The molecular weight excluding hydrogens is 452 g/mol. The Kier molecular flexibility index (Phi) is 5.80. The molecule has 0 spiro atoms. The van der Waals surface area contributed by atoms with Crippen LogP contribution in [-0.2, 0) is 15.0 Å². The number of allylic oxidation sites excluding steroid dienone is 2. The summed E-state index contributed by atoms with van der Waals surface area (Å²) >= 11 is 12.3. The maximum absolute atomic E-state index is 13.5.